The Morgan fingerprint density at radius 3 is 2.68 bits per heavy atom. The molecule has 2 aliphatic heterocycles. The van der Waals surface area contributed by atoms with E-state index in [2.05, 4.69) is 27.4 Å². The lowest BCUT2D eigenvalue weighted by molar-refractivity contribution is -0.150. The van der Waals surface area contributed by atoms with Crippen molar-refractivity contribution in [2.75, 3.05) is 18.2 Å². The highest BCUT2D eigenvalue weighted by atomic mass is 32.2. The van der Waals surface area contributed by atoms with Gasteiger partial charge in [0.15, 0.2) is 5.01 Å². The Labute approximate surface area is 203 Å². The minimum Gasteiger partial charge on any atom is -0.477 e. The average molecular weight is 510 g/mol. The van der Waals surface area contributed by atoms with Crippen molar-refractivity contribution in [2.24, 2.45) is 5.16 Å². The number of oxime groups is 1. The van der Waals surface area contributed by atoms with E-state index in [0.29, 0.717) is 11.3 Å². The van der Waals surface area contributed by atoms with E-state index >= 15 is 0 Å². The maximum absolute atomic E-state index is 12.9. The molecule has 1 unspecified atom stereocenters. The number of fused-ring (bicyclic) bond motifs is 1. The highest BCUT2D eigenvalue weighted by Gasteiger charge is 2.54. The molecule has 1 saturated heterocycles. The molecule has 0 spiro atoms. The summed E-state index contributed by atoms with van der Waals surface area (Å²) in [5.41, 5.74) is -0.620. The van der Waals surface area contributed by atoms with Crippen molar-refractivity contribution in [1.29, 1.82) is 0 Å². The number of allylic oxidation sites excluding steroid dienone is 1. The topological polar surface area (TPSA) is 160 Å². The van der Waals surface area contributed by atoms with Gasteiger partial charge in [-0.15, -0.1) is 23.1 Å². The predicted molar refractivity (Wildman–Crippen MR) is 125 cm³/mol. The van der Waals surface area contributed by atoms with Gasteiger partial charge in [-0.2, -0.15) is 0 Å². The molecule has 12 nitrogen and oxygen atoms in total. The molecule has 3 heterocycles. The minimum atomic E-state index is -1.24. The second kappa shape index (κ2) is 9.85. The number of ether oxygens (including phenoxy) is 1. The number of aliphatic carboxylic acids is 1. The number of β-lactam (4-membered cyclic amide) rings is 1. The number of carbonyl (C=O) groups excluding carboxylic acids is 3. The number of thiazole rings is 1. The molecule has 0 bridgehead atoms. The van der Waals surface area contributed by atoms with Gasteiger partial charge in [0.05, 0.1) is 0 Å². The molecule has 182 valence electrons. The Morgan fingerprint density at radius 2 is 2.09 bits per heavy atom. The molecule has 3 rings (SSSR count). The number of anilines is 1. The Hall–Kier alpha value is -3.39. The maximum atomic E-state index is 12.9. The molecule has 0 aromatic carbocycles. The first-order valence-corrected chi connectivity index (χ1v) is 11.8. The molecule has 1 aromatic rings. The summed E-state index contributed by atoms with van der Waals surface area (Å²) in [5.74, 6) is -2.07. The van der Waals surface area contributed by atoms with Crippen LogP contribution >= 0.6 is 23.1 Å². The van der Waals surface area contributed by atoms with E-state index in [1.807, 2.05) is 0 Å². The number of carbonyl (C=O) groups is 4. The number of hydrogen-bond acceptors (Lipinski definition) is 10. The van der Waals surface area contributed by atoms with Gasteiger partial charge >= 0.3 is 12.1 Å². The number of nitrogens with one attached hydrogen (secondary N) is 2. The Bertz CT molecular complexity index is 1110. The number of thioether (sulfide) groups is 1. The number of hydrogen-bond donors (Lipinski definition) is 3. The fraction of sp³-hybridized carbons (Fsp3) is 0.400. The van der Waals surface area contributed by atoms with Crippen molar-refractivity contribution in [3.63, 3.8) is 0 Å². The molecule has 0 radical (unpaired) electrons. The summed E-state index contributed by atoms with van der Waals surface area (Å²) in [6.07, 6.45) is 0.690. The van der Waals surface area contributed by atoms with Crippen LogP contribution in [0.15, 0.2) is 34.5 Å². The van der Waals surface area contributed by atoms with E-state index in [1.165, 1.54) is 30.3 Å². The molecule has 3 amide bonds. The third-order valence-corrected chi connectivity index (χ3v) is 6.62. The number of nitrogens with zero attached hydrogens (tertiary/aromatic N) is 3. The third kappa shape index (κ3) is 5.22. The normalized spacial score (nSPS) is 20.2. The summed E-state index contributed by atoms with van der Waals surface area (Å²) in [6, 6.07) is -0.959. The van der Waals surface area contributed by atoms with Crippen molar-refractivity contribution in [3.8, 4) is 0 Å². The summed E-state index contributed by atoms with van der Waals surface area (Å²) >= 11 is 2.33. The van der Waals surface area contributed by atoms with Crippen LogP contribution in [-0.4, -0.2) is 74.5 Å². The largest absolute Gasteiger partial charge is 0.477 e. The maximum Gasteiger partial charge on any atom is 0.413 e. The quantitative estimate of drug-likeness (QED) is 0.283. The molecule has 14 heteroatoms. The summed E-state index contributed by atoms with van der Waals surface area (Å²) < 4.78 is 5.17. The molecular weight excluding hydrogens is 486 g/mol. The van der Waals surface area contributed by atoms with Gasteiger partial charge in [-0.1, -0.05) is 17.8 Å². The van der Waals surface area contributed by atoms with Crippen LogP contribution in [0, 0.1) is 0 Å². The summed E-state index contributed by atoms with van der Waals surface area (Å²) in [7, 11) is 1.24. The second-order valence-electron chi connectivity index (χ2n) is 8.03. The molecule has 3 N–H and O–H groups in total. The lowest BCUT2D eigenvalue weighted by atomic mass is 10.0. The van der Waals surface area contributed by atoms with E-state index in [0.717, 1.165) is 16.2 Å². The summed E-state index contributed by atoms with van der Waals surface area (Å²) in [4.78, 5) is 59.3. The number of amides is 3. The van der Waals surface area contributed by atoms with Crippen LogP contribution in [0.2, 0.25) is 0 Å². The zero-order valence-corrected chi connectivity index (χ0v) is 20.4. The smallest absolute Gasteiger partial charge is 0.413 e. The van der Waals surface area contributed by atoms with Crippen LogP contribution in [0.1, 0.15) is 25.8 Å². The van der Waals surface area contributed by atoms with Gasteiger partial charge < -0.3 is 20.0 Å². The molecule has 0 aliphatic carbocycles. The van der Waals surface area contributed by atoms with Crippen LogP contribution in [-0.2, 0) is 24.0 Å². The molecule has 0 saturated carbocycles. The number of carboxylic acid groups (broad SMARTS) is 1. The van der Waals surface area contributed by atoms with E-state index in [9.17, 15) is 24.3 Å². The van der Waals surface area contributed by atoms with Crippen molar-refractivity contribution >= 4 is 58.5 Å². The molecule has 2 atom stereocenters. The zero-order valence-electron chi connectivity index (χ0n) is 18.8. The van der Waals surface area contributed by atoms with Gasteiger partial charge in [-0.3, -0.25) is 19.8 Å². The SMILES string of the molecule is C=CC1=C(C(=O)O)N2C(=O)C(NC(=O)C(=NOC)c3nc(NC(=O)OC(C)(C)C)cs3)[C@H]2SC1. The third-order valence-electron chi connectivity index (χ3n) is 4.47. The van der Waals surface area contributed by atoms with Crippen molar-refractivity contribution < 1.29 is 33.9 Å². The summed E-state index contributed by atoms with van der Waals surface area (Å²) in [6.45, 7) is 8.74. The van der Waals surface area contributed by atoms with Crippen molar-refractivity contribution in [1.82, 2.24) is 15.2 Å². The van der Waals surface area contributed by atoms with Gasteiger partial charge in [-0.05, 0) is 26.3 Å². The number of rotatable bonds is 7. The van der Waals surface area contributed by atoms with Crippen LogP contribution in [0.4, 0.5) is 10.6 Å². The van der Waals surface area contributed by atoms with E-state index < -0.39 is 40.9 Å². The number of aromatic nitrogens is 1. The van der Waals surface area contributed by atoms with Gasteiger partial charge in [0.25, 0.3) is 11.8 Å². The monoisotopic (exact) mass is 509 g/mol. The van der Waals surface area contributed by atoms with Crippen molar-refractivity contribution in [2.45, 2.75) is 37.8 Å². The minimum absolute atomic E-state index is 0.130. The van der Waals surface area contributed by atoms with Gasteiger partial charge in [0, 0.05) is 11.1 Å². The van der Waals surface area contributed by atoms with Crippen LogP contribution in [0.5, 0.6) is 0 Å². The highest BCUT2D eigenvalue weighted by Crippen LogP contribution is 2.40. The molecule has 2 aliphatic rings. The second-order valence-corrected chi connectivity index (χ2v) is 9.99. The Kier molecular flexibility index (Phi) is 7.31. The first-order valence-electron chi connectivity index (χ1n) is 9.88. The summed E-state index contributed by atoms with van der Waals surface area (Å²) in [5, 5.41) is 19.3. The van der Waals surface area contributed by atoms with E-state index in [4.69, 9.17) is 9.57 Å². The molecular formula is C20H23N5O7S2. The first-order chi connectivity index (χ1) is 16.0. The highest BCUT2D eigenvalue weighted by molar-refractivity contribution is 8.00. The van der Waals surface area contributed by atoms with E-state index in [-0.39, 0.29) is 22.2 Å². The predicted octanol–water partition coefficient (Wildman–Crippen LogP) is 1.77. The Morgan fingerprint density at radius 1 is 1.38 bits per heavy atom. The first kappa shape index (κ1) is 25.2. The molecule has 34 heavy (non-hydrogen) atoms. The van der Waals surface area contributed by atoms with E-state index in [1.54, 1.807) is 20.8 Å². The van der Waals surface area contributed by atoms with Gasteiger partial charge in [0.1, 0.15) is 35.6 Å². The van der Waals surface area contributed by atoms with Crippen LogP contribution in [0.3, 0.4) is 0 Å². The average Bonchev–Trinajstić information content (AvgIpc) is 3.20. The Balaban J connectivity index is 1.72. The van der Waals surface area contributed by atoms with Gasteiger partial charge in [-0.25, -0.2) is 14.6 Å². The lowest BCUT2D eigenvalue weighted by Crippen LogP contribution is -2.71. The molecule has 1 fully saturated rings. The lowest BCUT2D eigenvalue weighted by Gasteiger charge is -2.49. The molecule has 1 aromatic heterocycles. The van der Waals surface area contributed by atoms with Crippen LogP contribution < -0.4 is 10.6 Å². The fourth-order valence-electron chi connectivity index (χ4n) is 3.13. The van der Waals surface area contributed by atoms with Gasteiger partial charge in [0.2, 0.25) is 5.71 Å². The van der Waals surface area contributed by atoms with Crippen LogP contribution in [0.25, 0.3) is 0 Å². The van der Waals surface area contributed by atoms with Crippen molar-refractivity contribution in [3.05, 3.63) is 34.3 Å². The standard InChI is InChI=1S/C20H23N5O7S2/c1-6-9-7-34-17-12(16(27)25(17)13(9)18(28)29)23-14(26)11(24-31-5)15-21-10(8-33-15)22-19(30)32-20(2,3)4/h6,8,12,17H,1,7H2,2-5H3,(H,22,30)(H,23,26)(H,28,29)/t12?,17-/m1/s1. The number of carboxylic acids is 1. The zero-order chi connectivity index (χ0) is 25.2. The fourth-order valence-corrected chi connectivity index (χ4v) is 5.19.